The van der Waals surface area contributed by atoms with Gasteiger partial charge in [0.2, 0.25) is 15.9 Å². The summed E-state index contributed by atoms with van der Waals surface area (Å²) in [5.74, 6) is 1.54. The fraction of sp³-hybridized carbons (Fsp3) is 0.429. The Balaban J connectivity index is 1.25. The molecule has 2 aromatic carbocycles. The van der Waals surface area contributed by atoms with Crippen LogP contribution in [-0.4, -0.2) is 56.9 Å². The lowest BCUT2D eigenvalue weighted by molar-refractivity contribution is -0.125. The highest BCUT2D eigenvalue weighted by Gasteiger charge is 2.28. The SMILES string of the molecule is COc1ccc(CNC(=O)[C@H]2CCCN(c3ccc4cc(S(=O)(=O)N5CCCCC5)ccc4n3)C2)cc1. The Kier molecular flexibility index (Phi) is 7.62. The highest BCUT2D eigenvalue weighted by Crippen LogP contribution is 2.27. The van der Waals surface area contributed by atoms with E-state index in [1.807, 2.05) is 36.4 Å². The molecule has 5 rings (SSSR count). The van der Waals surface area contributed by atoms with E-state index in [1.54, 1.807) is 29.6 Å². The van der Waals surface area contributed by atoms with E-state index in [0.717, 1.165) is 66.7 Å². The normalized spacial score (nSPS) is 19.1. The number of nitrogens with one attached hydrogen (secondary N) is 1. The number of hydrogen-bond donors (Lipinski definition) is 1. The molecule has 0 spiro atoms. The Bertz CT molecular complexity index is 1350. The summed E-state index contributed by atoms with van der Waals surface area (Å²) in [5, 5.41) is 3.87. The second-order valence-electron chi connectivity index (χ2n) is 9.84. The van der Waals surface area contributed by atoms with Crippen LogP contribution in [0.2, 0.25) is 0 Å². The molecule has 2 aliphatic rings. The first-order chi connectivity index (χ1) is 17.9. The van der Waals surface area contributed by atoms with Gasteiger partial charge in [0.25, 0.3) is 0 Å². The van der Waals surface area contributed by atoms with Crippen molar-refractivity contribution in [1.29, 1.82) is 0 Å². The van der Waals surface area contributed by atoms with Crippen LogP contribution in [0.1, 0.15) is 37.7 Å². The number of fused-ring (bicyclic) bond motifs is 1. The predicted octanol–water partition coefficient (Wildman–Crippen LogP) is 3.95. The third-order valence-electron chi connectivity index (χ3n) is 7.34. The standard InChI is InChI=1S/C28H34N4O4S/c1-36-24-10-7-21(8-11-24)19-29-28(33)23-6-5-15-31(20-23)27-14-9-22-18-25(12-13-26(22)30-27)37(34,35)32-16-3-2-4-17-32/h7-14,18,23H,2-6,15-17,19-20H2,1H3,(H,29,33)/t23-/m0/s1. The number of rotatable bonds is 7. The summed E-state index contributed by atoms with van der Waals surface area (Å²) in [5.41, 5.74) is 1.78. The van der Waals surface area contributed by atoms with Crippen LogP contribution in [0.5, 0.6) is 5.75 Å². The smallest absolute Gasteiger partial charge is 0.243 e. The minimum Gasteiger partial charge on any atom is -0.497 e. The van der Waals surface area contributed by atoms with Crippen LogP contribution in [0.4, 0.5) is 5.82 Å². The molecular weight excluding hydrogens is 488 g/mol. The summed E-state index contributed by atoms with van der Waals surface area (Å²) in [4.78, 5) is 20.2. The number of pyridine rings is 1. The van der Waals surface area contributed by atoms with Gasteiger partial charge in [0.1, 0.15) is 11.6 Å². The zero-order valence-electron chi connectivity index (χ0n) is 21.2. The average molecular weight is 523 g/mol. The van der Waals surface area contributed by atoms with E-state index < -0.39 is 10.0 Å². The number of aromatic nitrogens is 1. The van der Waals surface area contributed by atoms with Gasteiger partial charge >= 0.3 is 0 Å². The predicted molar refractivity (Wildman–Crippen MR) is 144 cm³/mol. The molecule has 2 aliphatic heterocycles. The number of carbonyl (C=O) groups is 1. The summed E-state index contributed by atoms with van der Waals surface area (Å²) in [6, 6.07) is 16.7. The maximum atomic E-state index is 13.1. The van der Waals surface area contributed by atoms with Crippen LogP contribution in [0.25, 0.3) is 10.9 Å². The first kappa shape index (κ1) is 25.5. The molecule has 1 N–H and O–H groups in total. The molecule has 37 heavy (non-hydrogen) atoms. The molecule has 0 radical (unpaired) electrons. The van der Waals surface area contributed by atoms with Crippen LogP contribution in [0.3, 0.4) is 0 Å². The topological polar surface area (TPSA) is 91.8 Å². The van der Waals surface area contributed by atoms with Gasteiger partial charge in [0.15, 0.2) is 0 Å². The van der Waals surface area contributed by atoms with Crippen molar-refractivity contribution in [1.82, 2.24) is 14.6 Å². The number of ether oxygens (including phenoxy) is 1. The minimum atomic E-state index is -3.49. The van der Waals surface area contributed by atoms with Crippen LogP contribution < -0.4 is 15.0 Å². The maximum absolute atomic E-state index is 13.1. The zero-order chi connectivity index (χ0) is 25.8. The molecule has 3 aromatic rings. The lowest BCUT2D eigenvalue weighted by Crippen LogP contribution is -2.43. The van der Waals surface area contributed by atoms with Crippen molar-refractivity contribution < 1.29 is 17.9 Å². The third kappa shape index (κ3) is 5.72. The fourth-order valence-electron chi connectivity index (χ4n) is 5.16. The van der Waals surface area contributed by atoms with E-state index in [1.165, 1.54) is 0 Å². The summed E-state index contributed by atoms with van der Waals surface area (Å²) >= 11 is 0. The minimum absolute atomic E-state index is 0.0499. The monoisotopic (exact) mass is 522 g/mol. The third-order valence-corrected chi connectivity index (χ3v) is 9.24. The number of hydrogen-bond acceptors (Lipinski definition) is 6. The number of methoxy groups -OCH3 is 1. The molecule has 1 aromatic heterocycles. The second-order valence-corrected chi connectivity index (χ2v) is 11.8. The van der Waals surface area contributed by atoms with Crippen LogP contribution in [-0.2, 0) is 21.4 Å². The van der Waals surface area contributed by atoms with Gasteiger partial charge in [-0.2, -0.15) is 4.31 Å². The summed E-state index contributed by atoms with van der Waals surface area (Å²) in [6.07, 6.45) is 4.66. The molecule has 0 unspecified atom stereocenters. The maximum Gasteiger partial charge on any atom is 0.243 e. The molecule has 9 heteroatoms. The number of carbonyl (C=O) groups excluding carboxylic acids is 1. The fourth-order valence-corrected chi connectivity index (χ4v) is 6.71. The first-order valence-corrected chi connectivity index (χ1v) is 14.4. The Morgan fingerprint density at radius 1 is 1.00 bits per heavy atom. The summed E-state index contributed by atoms with van der Waals surface area (Å²) < 4.78 is 32.9. The average Bonchev–Trinajstić information content (AvgIpc) is 2.96. The highest BCUT2D eigenvalue weighted by molar-refractivity contribution is 7.89. The van der Waals surface area contributed by atoms with E-state index >= 15 is 0 Å². The molecule has 0 aliphatic carbocycles. The van der Waals surface area contributed by atoms with Crippen molar-refractivity contribution in [3.05, 3.63) is 60.2 Å². The van der Waals surface area contributed by atoms with E-state index in [4.69, 9.17) is 9.72 Å². The molecule has 0 bridgehead atoms. The van der Waals surface area contributed by atoms with Crippen molar-refractivity contribution in [2.45, 2.75) is 43.5 Å². The van der Waals surface area contributed by atoms with Gasteiger partial charge < -0.3 is 15.0 Å². The van der Waals surface area contributed by atoms with Gasteiger partial charge in [-0.15, -0.1) is 0 Å². The number of anilines is 1. The van der Waals surface area contributed by atoms with Crippen molar-refractivity contribution in [3.63, 3.8) is 0 Å². The summed E-state index contributed by atoms with van der Waals surface area (Å²) in [7, 11) is -1.85. The number of amides is 1. The van der Waals surface area contributed by atoms with E-state index in [0.29, 0.717) is 31.1 Å². The number of benzene rings is 2. The van der Waals surface area contributed by atoms with Gasteiger partial charge in [0.05, 0.1) is 23.4 Å². The van der Waals surface area contributed by atoms with Gasteiger partial charge in [-0.25, -0.2) is 13.4 Å². The molecule has 8 nitrogen and oxygen atoms in total. The van der Waals surface area contributed by atoms with Gasteiger partial charge in [0, 0.05) is 38.1 Å². The Hall–Kier alpha value is -3.17. The van der Waals surface area contributed by atoms with E-state index in [2.05, 4.69) is 10.2 Å². The number of sulfonamides is 1. The quantitative estimate of drug-likeness (QED) is 0.505. The van der Waals surface area contributed by atoms with Crippen LogP contribution in [0.15, 0.2) is 59.5 Å². The lowest BCUT2D eigenvalue weighted by atomic mass is 9.97. The Morgan fingerprint density at radius 2 is 1.78 bits per heavy atom. The first-order valence-electron chi connectivity index (χ1n) is 13.0. The molecule has 1 amide bonds. The molecule has 196 valence electrons. The highest BCUT2D eigenvalue weighted by atomic mass is 32.2. The summed E-state index contributed by atoms with van der Waals surface area (Å²) in [6.45, 7) is 3.09. The van der Waals surface area contributed by atoms with Crippen molar-refractivity contribution in [2.75, 3.05) is 38.2 Å². The zero-order valence-corrected chi connectivity index (χ0v) is 22.0. The Morgan fingerprint density at radius 3 is 2.54 bits per heavy atom. The number of nitrogens with zero attached hydrogens (tertiary/aromatic N) is 3. The van der Waals surface area contributed by atoms with Gasteiger partial charge in [-0.1, -0.05) is 18.6 Å². The van der Waals surface area contributed by atoms with Gasteiger partial charge in [-0.05, 0) is 73.7 Å². The van der Waals surface area contributed by atoms with Crippen LogP contribution >= 0.6 is 0 Å². The molecule has 0 saturated carbocycles. The molecule has 1 atom stereocenters. The molecule has 2 saturated heterocycles. The number of piperidine rings is 2. The van der Waals surface area contributed by atoms with E-state index in [9.17, 15) is 13.2 Å². The van der Waals surface area contributed by atoms with Crippen molar-refractivity contribution >= 4 is 32.7 Å². The van der Waals surface area contributed by atoms with E-state index in [-0.39, 0.29) is 11.8 Å². The second kappa shape index (κ2) is 11.1. The largest absolute Gasteiger partial charge is 0.497 e. The lowest BCUT2D eigenvalue weighted by Gasteiger charge is -2.33. The van der Waals surface area contributed by atoms with Crippen LogP contribution in [0, 0.1) is 5.92 Å². The molecular formula is C28H34N4O4S. The Labute approximate surface area is 218 Å². The van der Waals surface area contributed by atoms with Crippen molar-refractivity contribution in [2.24, 2.45) is 5.92 Å². The molecule has 2 fully saturated rings. The van der Waals surface area contributed by atoms with Gasteiger partial charge in [-0.3, -0.25) is 4.79 Å². The molecule has 3 heterocycles. The van der Waals surface area contributed by atoms with Crippen molar-refractivity contribution in [3.8, 4) is 5.75 Å².